The lowest BCUT2D eigenvalue weighted by Gasteiger charge is -2.48. The molecule has 4 nitrogen and oxygen atoms in total. The smallest absolute Gasteiger partial charge is 0.211 e. The van der Waals surface area contributed by atoms with E-state index in [1.807, 2.05) is 6.20 Å². The number of hydrogen-bond acceptors (Lipinski definition) is 3. The van der Waals surface area contributed by atoms with E-state index in [4.69, 9.17) is 0 Å². The van der Waals surface area contributed by atoms with Crippen LogP contribution in [0.5, 0.6) is 0 Å². The molecule has 4 heteroatoms. The van der Waals surface area contributed by atoms with Crippen molar-refractivity contribution >= 4 is 5.95 Å². The SMILES string of the molecule is CC1CCCC2C1C1NC=CN1c1nccn12. The Balaban J connectivity index is 1.85. The van der Waals surface area contributed by atoms with Crippen LogP contribution in [0.3, 0.4) is 0 Å². The van der Waals surface area contributed by atoms with E-state index in [0.717, 1.165) is 11.9 Å². The zero-order valence-electron chi connectivity index (χ0n) is 10.1. The standard InChI is InChI=1S/C13H18N4/c1-9-3-2-4-10-11(9)12-14-5-8-17(12)13-15-6-7-16(10)13/h5-12,14H,2-4H2,1H3. The van der Waals surface area contributed by atoms with Crippen LogP contribution in [0.4, 0.5) is 5.95 Å². The Bertz CT molecular complexity index is 464. The maximum Gasteiger partial charge on any atom is 0.211 e. The van der Waals surface area contributed by atoms with Gasteiger partial charge in [-0.05, 0) is 12.3 Å². The topological polar surface area (TPSA) is 33.1 Å². The lowest BCUT2D eigenvalue weighted by atomic mass is 9.74. The Morgan fingerprint density at radius 2 is 2.35 bits per heavy atom. The van der Waals surface area contributed by atoms with E-state index in [-0.39, 0.29) is 0 Å². The molecule has 4 atom stereocenters. The first-order chi connectivity index (χ1) is 8.36. The third-order valence-electron chi connectivity index (χ3n) is 4.66. The Morgan fingerprint density at radius 3 is 3.29 bits per heavy atom. The summed E-state index contributed by atoms with van der Waals surface area (Å²) in [6, 6.07) is 0.630. The third kappa shape index (κ3) is 1.15. The second-order valence-electron chi connectivity index (χ2n) is 5.52. The van der Waals surface area contributed by atoms with Crippen molar-refractivity contribution in [3.8, 4) is 0 Å². The predicted molar refractivity (Wildman–Crippen MR) is 66.3 cm³/mol. The molecule has 1 N–H and O–H groups in total. The van der Waals surface area contributed by atoms with E-state index in [0.29, 0.717) is 18.1 Å². The minimum absolute atomic E-state index is 0.421. The minimum Gasteiger partial charge on any atom is -0.369 e. The van der Waals surface area contributed by atoms with E-state index < -0.39 is 0 Å². The van der Waals surface area contributed by atoms with Gasteiger partial charge in [-0.1, -0.05) is 19.8 Å². The van der Waals surface area contributed by atoms with Gasteiger partial charge < -0.3 is 9.88 Å². The summed E-state index contributed by atoms with van der Waals surface area (Å²) in [6.45, 7) is 2.40. The Hall–Kier alpha value is -1.45. The van der Waals surface area contributed by atoms with Crippen LogP contribution >= 0.6 is 0 Å². The van der Waals surface area contributed by atoms with Crippen LogP contribution in [0.2, 0.25) is 0 Å². The molecule has 0 spiro atoms. The minimum atomic E-state index is 0.421. The maximum absolute atomic E-state index is 4.51. The number of fused-ring (bicyclic) bond motifs is 6. The van der Waals surface area contributed by atoms with Crippen LogP contribution in [-0.2, 0) is 0 Å². The molecule has 1 saturated carbocycles. The summed E-state index contributed by atoms with van der Waals surface area (Å²) in [7, 11) is 0. The second-order valence-corrected chi connectivity index (χ2v) is 5.52. The molecule has 0 radical (unpaired) electrons. The first-order valence-corrected chi connectivity index (χ1v) is 6.60. The zero-order chi connectivity index (χ0) is 11.4. The van der Waals surface area contributed by atoms with Crippen molar-refractivity contribution in [2.45, 2.75) is 38.4 Å². The fourth-order valence-corrected chi connectivity index (χ4v) is 3.91. The van der Waals surface area contributed by atoms with Gasteiger partial charge >= 0.3 is 0 Å². The molecule has 2 aliphatic heterocycles. The van der Waals surface area contributed by atoms with Crippen LogP contribution < -0.4 is 10.2 Å². The van der Waals surface area contributed by atoms with E-state index in [1.54, 1.807) is 0 Å². The molecule has 1 aromatic rings. The number of imidazole rings is 1. The Labute approximate surface area is 101 Å². The highest BCUT2D eigenvalue weighted by Gasteiger charge is 2.46. The Kier molecular flexibility index (Phi) is 1.84. The first-order valence-electron chi connectivity index (χ1n) is 6.60. The quantitative estimate of drug-likeness (QED) is 0.740. The first kappa shape index (κ1) is 9.57. The van der Waals surface area contributed by atoms with Crippen molar-refractivity contribution in [1.82, 2.24) is 14.9 Å². The molecule has 1 aliphatic carbocycles. The summed E-state index contributed by atoms with van der Waals surface area (Å²) in [5, 5.41) is 3.51. The van der Waals surface area contributed by atoms with Gasteiger partial charge in [-0.25, -0.2) is 4.98 Å². The van der Waals surface area contributed by atoms with Crippen LogP contribution in [0, 0.1) is 11.8 Å². The van der Waals surface area contributed by atoms with Gasteiger partial charge in [-0.2, -0.15) is 0 Å². The number of anilines is 1. The molecule has 0 amide bonds. The van der Waals surface area contributed by atoms with Gasteiger partial charge in [0.1, 0.15) is 6.17 Å². The highest BCUT2D eigenvalue weighted by atomic mass is 15.4. The lowest BCUT2D eigenvalue weighted by molar-refractivity contribution is 0.120. The van der Waals surface area contributed by atoms with Crippen molar-refractivity contribution in [1.29, 1.82) is 0 Å². The fourth-order valence-electron chi connectivity index (χ4n) is 3.91. The number of aromatic nitrogens is 2. The molecular weight excluding hydrogens is 212 g/mol. The van der Waals surface area contributed by atoms with Gasteiger partial charge in [0.2, 0.25) is 5.95 Å². The van der Waals surface area contributed by atoms with Crippen molar-refractivity contribution < 1.29 is 0 Å². The molecule has 4 rings (SSSR count). The van der Waals surface area contributed by atoms with Crippen LogP contribution in [0.25, 0.3) is 0 Å². The number of hydrogen-bond donors (Lipinski definition) is 1. The second kappa shape index (κ2) is 3.28. The molecule has 0 saturated heterocycles. The Morgan fingerprint density at radius 1 is 1.41 bits per heavy atom. The highest BCUT2D eigenvalue weighted by Crippen LogP contribution is 2.46. The van der Waals surface area contributed by atoms with E-state index in [1.165, 1.54) is 19.3 Å². The van der Waals surface area contributed by atoms with E-state index >= 15 is 0 Å². The normalized spacial score (nSPS) is 38.3. The van der Waals surface area contributed by atoms with Crippen molar-refractivity contribution in [2.75, 3.05) is 4.90 Å². The van der Waals surface area contributed by atoms with Crippen LogP contribution in [-0.4, -0.2) is 15.7 Å². The van der Waals surface area contributed by atoms with Crippen LogP contribution in [0.15, 0.2) is 24.8 Å². The molecule has 3 aliphatic rings. The predicted octanol–water partition coefficient (Wildman–Crippen LogP) is 2.08. The summed E-state index contributed by atoms with van der Waals surface area (Å²) in [5.74, 6) is 2.58. The average Bonchev–Trinajstić information content (AvgIpc) is 2.97. The van der Waals surface area contributed by atoms with Gasteiger partial charge in [0, 0.05) is 36.8 Å². The average molecular weight is 230 g/mol. The molecule has 17 heavy (non-hydrogen) atoms. The zero-order valence-corrected chi connectivity index (χ0v) is 10.1. The molecule has 90 valence electrons. The van der Waals surface area contributed by atoms with Crippen molar-refractivity contribution in [3.05, 3.63) is 24.8 Å². The molecule has 1 aromatic heterocycles. The monoisotopic (exact) mass is 230 g/mol. The molecule has 1 fully saturated rings. The third-order valence-corrected chi connectivity index (χ3v) is 4.66. The summed E-state index contributed by atoms with van der Waals surface area (Å²) >= 11 is 0. The largest absolute Gasteiger partial charge is 0.369 e. The fraction of sp³-hybridized carbons (Fsp3) is 0.615. The van der Waals surface area contributed by atoms with Gasteiger partial charge in [-0.3, -0.25) is 4.90 Å². The van der Waals surface area contributed by atoms with Gasteiger partial charge in [0.15, 0.2) is 0 Å². The molecule has 0 bridgehead atoms. The molecular formula is C13H18N4. The van der Waals surface area contributed by atoms with Gasteiger partial charge in [0.25, 0.3) is 0 Å². The summed E-state index contributed by atoms with van der Waals surface area (Å²) in [6.07, 6.45) is 12.7. The number of nitrogens with one attached hydrogen (secondary N) is 1. The maximum atomic E-state index is 4.51. The van der Waals surface area contributed by atoms with Crippen molar-refractivity contribution in [3.63, 3.8) is 0 Å². The summed E-state index contributed by atoms with van der Waals surface area (Å²) in [5.41, 5.74) is 0. The molecule has 4 unspecified atom stereocenters. The lowest BCUT2D eigenvalue weighted by Crippen LogP contribution is -2.53. The van der Waals surface area contributed by atoms with Crippen LogP contribution in [0.1, 0.15) is 32.2 Å². The molecule has 3 heterocycles. The van der Waals surface area contributed by atoms with E-state index in [9.17, 15) is 0 Å². The highest BCUT2D eigenvalue weighted by molar-refractivity contribution is 5.44. The number of rotatable bonds is 0. The summed E-state index contributed by atoms with van der Waals surface area (Å²) < 4.78 is 2.38. The van der Waals surface area contributed by atoms with Gasteiger partial charge in [0.05, 0.1) is 0 Å². The van der Waals surface area contributed by atoms with Crippen molar-refractivity contribution in [2.24, 2.45) is 11.8 Å². The number of nitrogens with zero attached hydrogens (tertiary/aromatic N) is 3. The summed E-state index contributed by atoms with van der Waals surface area (Å²) in [4.78, 5) is 6.81. The van der Waals surface area contributed by atoms with Gasteiger partial charge in [-0.15, -0.1) is 0 Å². The van der Waals surface area contributed by atoms with E-state index in [2.05, 4.69) is 45.3 Å². The molecule has 0 aromatic carbocycles.